The van der Waals surface area contributed by atoms with Gasteiger partial charge in [-0.3, -0.25) is 9.29 Å². The number of sulfonamides is 1. The first-order valence-corrected chi connectivity index (χ1v) is 17.5. The normalized spacial score (nSPS) is 12.5. The summed E-state index contributed by atoms with van der Waals surface area (Å²) >= 11 is 0. The number of fused-ring (bicyclic) bond motifs is 2. The standard InChI is InChI=1S/C33H30F2N6O5S2/c1-19-8-7-11-26(20(19)2)48(45,46)40-23-13-12-22(34)30(29(23)35)39-32-31-24(36-18-37-32)14-15-28(38-31)41-16-27(21-9-5-6-10-25(21)41)47(43,44)33(3,4)17-42/h5-16,18,40,42H,17H2,1-4H3,(H,36,37,39). The van der Waals surface area contributed by atoms with Crippen LogP contribution < -0.4 is 10.0 Å². The Bertz CT molecular complexity index is 2470. The fourth-order valence-electron chi connectivity index (χ4n) is 5.17. The third-order valence-electron chi connectivity index (χ3n) is 8.21. The van der Waals surface area contributed by atoms with Gasteiger partial charge in [-0.05, 0) is 75.2 Å². The lowest BCUT2D eigenvalue weighted by Crippen LogP contribution is -2.35. The summed E-state index contributed by atoms with van der Waals surface area (Å²) in [7, 11) is -8.25. The summed E-state index contributed by atoms with van der Waals surface area (Å²) in [5.41, 5.74) is 0.922. The van der Waals surface area contributed by atoms with E-state index in [4.69, 9.17) is 0 Å². The maximum Gasteiger partial charge on any atom is 0.262 e. The van der Waals surface area contributed by atoms with Crippen molar-refractivity contribution in [1.82, 2.24) is 19.5 Å². The molecule has 3 aromatic carbocycles. The maximum absolute atomic E-state index is 15.8. The molecule has 6 aromatic rings. The molecule has 3 aromatic heterocycles. The van der Waals surface area contributed by atoms with Crippen LogP contribution in [-0.2, 0) is 19.9 Å². The number of hydrogen-bond donors (Lipinski definition) is 3. The van der Waals surface area contributed by atoms with Gasteiger partial charge in [0.2, 0.25) is 0 Å². The second-order valence-electron chi connectivity index (χ2n) is 11.8. The van der Waals surface area contributed by atoms with Crippen LogP contribution in [0, 0.1) is 25.5 Å². The number of aliphatic hydroxyl groups excluding tert-OH is 1. The molecule has 248 valence electrons. The molecule has 0 saturated carbocycles. The lowest BCUT2D eigenvalue weighted by atomic mass is 10.1. The minimum Gasteiger partial charge on any atom is -0.395 e. The number of aromatic nitrogens is 4. The first-order valence-electron chi connectivity index (χ1n) is 14.6. The quantitative estimate of drug-likeness (QED) is 0.167. The van der Waals surface area contributed by atoms with Gasteiger partial charge in [-0.25, -0.2) is 40.6 Å². The third kappa shape index (κ3) is 5.52. The van der Waals surface area contributed by atoms with E-state index in [0.717, 1.165) is 17.7 Å². The Kier molecular flexibility index (Phi) is 8.17. The Morgan fingerprint density at radius 1 is 0.896 bits per heavy atom. The Balaban J connectivity index is 1.43. The number of anilines is 3. The van der Waals surface area contributed by atoms with Crippen molar-refractivity contribution in [2.75, 3.05) is 16.6 Å². The molecule has 6 rings (SSSR count). The maximum atomic E-state index is 15.8. The Hall–Kier alpha value is -4.99. The molecule has 0 fully saturated rings. The monoisotopic (exact) mass is 692 g/mol. The van der Waals surface area contributed by atoms with Crippen molar-refractivity contribution < 1.29 is 30.7 Å². The first kappa shape index (κ1) is 32.9. The van der Waals surface area contributed by atoms with Gasteiger partial charge in [0.1, 0.15) is 29.2 Å². The second-order valence-corrected chi connectivity index (χ2v) is 16.0. The van der Waals surface area contributed by atoms with Crippen molar-refractivity contribution in [3.63, 3.8) is 0 Å². The fraction of sp³-hybridized carbons (Fsp3) is 0.182. The summed E-state index contributed by atoms with van der Waals surface area (Å²) in [6, 6.07) is 16.6. The van der Waals surface area contributed by atoms with Crippen molar-refractivity contribution in [1.29, 1.82) is 0 Å². The van der Waals surface area contributed by atoms with E-state index < -0.39 is 54.2 Å². The number of benzene rings is 3. The van der Waals surface area contributed by atoms with Gasteiger partial charge in [0.25, 0.3) is 10.0 Å². The molecule has 0 radical (unpaired) electrons. The molecular formula is C33H30F2N6O5S2. The number of sulfone groups is 1. The number of para-hydroxylation sites is 1. The van der Waals surface area contributed by atoms with Crippen LogP contribution in [-0.4, -0.2) is 52.8 Å². The number of nitrogens with one attached hydrogen (secondary N) is 2. The lowest BCUT2D eigenvalue weighted by molar-refractivity contribution is 0.258. The molecule has 0 aliphatic heterocycles. The summed E-state index contributed by atoms with van der Waals surface area (Å²) in [5.74, 6) is -2.09. The Morgan fingerprint density at radius 3 is 2.40 bits per heavy atom. The number of hydrogen-bond acceptors (Lipinski definition) is 9. The summed E-state index contributed by atoms with van der Waals surface area (Å²) < 4.78 is 86.7. The van der Waals surface area contributed by atoms with Crippen LogP contribution in [0.4, 0.5) is 26.0 Å². The number of nitrogens with zero attached hydrogens (tertiary/aromatic N) is 4. The highest BCUT2D eigenvalue weighted by atomic mass is 32.2. The van der Waals surface area contributed by atoms with Crippen LogP contribution in [0.2, 0.25) is 0 Å². The summed E-state index contributed by atoms with van der Waals surface area (Å²) in [5, 5.41) is 12.9. The van der Waals surface area contributed by atoms with Gasteiger partial charge in [-0.1, -0.05) is 30.3 Å². The Morgan fingerprint density at radius 2 is 1.65 bits per heavy atom. The molecule has 0 amide bonds. The van der Waals surface area contributed by atoms with E-state index in [1.807, 2.05) is 0 Å². The minimum atomic E-state index is -4.24. The van der Waals surface area contributed by atoms with E-state index in [-0.39, 0.29) is 26.9 Å². The first-order chi connectivity index (χ1) is 22.7. The van der Waals surface area contributed by atoms with Crippen molar-refractivity contribution >= 4 is 59.0 Å². The highest BCUT2D eigenvalue weighted by Crippen LogP contribution is 2.35. The molecule has 11 nitrogen and oxygen atoms in total. The van der Waals surface area contributed by atoms with Crippen LogP contribution in [0.3, 0.4) is 0 Å². The van der Waals surface area contributed by atoms with Crippen LogP contribution in [0.15, 0.2) is 89.0 Å². The predicted octanol–water partition coefficient (Wildman–Crippen LogP) is 5.95. The van der Waals surface area contributed by atoms with Gasteiger partial charge >= 0.3 is 0 Å². The smallest absolute Gasteiger partial charge is 0.262 e. The number of pyridine rings is 1. The van der Waals surface area contributed by atoms with E-state index in [2.05, 4.69) is 25.0 Å². The molecule has 0 saturated heterocycles. The van der Waals surface area contributed by atoms with Crippen LogP contribution >= 0.6 is 0 Å². The molecule has 0 spiro atoms. The van der Waals surface area contributed by atoms with Gasteiger partial charge < -0.3 is 10.4 Å². The second kappa shape index (κ2) is 11.9. The third-order valence-corrected chi connectivity index (χ3v) is 12.2. The Labute approximate surface area is 275 Å². The largest absolute Gasteiger partial charge is 0.395 e. The molecule has 48 heavy (non-hydrogen) atoms. The van der Waals surface area contributed by atoms with Crippen LogP contribution in [0.1, 0.15) is 25.0 Å². The molecule has 0 aliphatic rings. The van der Waals surface area contributed by atoms with E-state index in [1.54, 1.807) is 66.9 Å². The van der Waals surface area contributed by atoms with Crippen molar-refractivity contribution in [2.45, 2.75) is 42.2 Å². The van der Waals surface area contributed by atoms with Crippen LogP contribution in [0.25, 0.3) is 27.8 Å². The molecule has 0 aliphatic carbocycles. The fourth-order valence-corrected chi connectivity index (χ4v) is 8.02. The SMILES string of the molecule is Cc1cccc(S(=O)(=O)Nc2ccc(F)c(Nc3ncnc4ccc(-n5cc(S(=O)(=O)C(C)(C)CO)c6ccccc65)nc34)c2F)c1C. The molecule has 3 N–H and O–H groups in total. The number of aliphatic hydroxyl groups is 1. The van der Waals surface area contributed by atoms with Crippen molar-refractivity contribution in [3.05, 3.63) is 102 Å². The molecule has 0 unspecified atom stereocenters. The molecule has 0 atom stereocenters. The average molecular weight is 693 g/mol. The summed E-state index contributed by atoms with van der Waals surface area (Å²) in [6.07, 6.45) is 2.58. The predicted molar refractivity (Wildman–Crippen MR) is 179 cm³/mol. The van der Waals surface area contributed by atoms with Gasteiger partial charge in [-0.15, -0.1) is 0 Å². The summed E-state index contributed by atoms with van der Waals surface area (Å²) in [4.78, 5) is 12.9. The van der Waals surface area contributed by atoms with Crippen molar-refractivity contribution in [2.24, 2.45) is 0 Å². The molecule has 3 heterocycles. The van der Waals surface area contributed by atoms with Gasteiger partial charge in [0, 0.05) is 11.6 Å². The number of aryl methyl sites for hydroxylation is 1. The van der Waals surface area contributed by atoms with E-state index in [1.165, 1.54) is 32.4 Å². The van der Waals surface area contributed by atoms with Crippen LogP contribution in [0.5, 0.6) is 0 Å². The van der Waals surface area contributed by atoms with Gasteiger partial charge in [-0.2, -0.15) is 0 Å². The average Bonchev–Trinajstić information content (AvgIpc) is 3.46. The van der Waals surface area contributed by atoms with E-state index >= 15 is 8.78 Å². The zero-order chi connectivity index (χ0) is 34.6. The highest BCUT2D eigenvalue weighted by molar-refractivity contribution is 7.93. The van der Waals surface area contributed by atoms with E-state index in [9.17, 15) is 21.9 Å². The lowest BCUT2D eigenvalue weighted by Gasteiger charge is -2.21. The number of halogens is 2. The molecular weight excluding hydrogens is 663 g/mol. The number of rotatable bonds is 9. The zero-order valence-corrected chi connectivity index (χ0v) is 27.8. The topological polar surface area (TPSA) is 156 Å². The van der Waals surface area contributed by atoms with Gasteiger partial charge in [0.15, 0.2) is 21.5 Å². The molecule has 15 heteroatoms. The van der Waals surface area contributed by atoms with E-state index in [0.29, 0.717) is 22.0 Å². The van der Waals surface area contributed by atoms with Crippen molar-refractivity contribution in [3.8, 4) is 5.82 Å². The zero-order valence-electron chi connectivity index (χ0n) is 26.2. The van der Waals surface area contributed by atoms with Gasteiger partial charge in [0.05, 0.1) is 37.9 Å². The highest BCUT2D eigenvalue weighted by Gasteiger charge is 2.37. The molecule has 0 bridgehead atoms. The minimum absolute atomic E-state index is 0.00836. The summed E-state index contributed by atoms with van der Waals surface area (Å²) in [6.45, 7) is 5.64.